The third-order valence-corrected chi connectivity index (χ3v) is 4.38. The van der Waals surface area contributed by atoms with Crippen LogP contribution in [0, 0.1) is 13.8 Å². The van der Waals surface area contributed by atoms with Crippen LogP contribution in [0.2, 0.25) is 0 Å². The van der Waals surface area contributed by atoms with Gasteiger partial charge >= 0.3 is 0 Å². The highest BCUT2D eigenvalue weighted by Crippen LogP contribution is 2.42. The molecule has 114 valence electrons. The molecule has 23 heavy (non-hydrogen) atoms. The number of fused-ring (bicyclic) bond motifs is 1. The summed E-state index contributed by atoms with van der Waals surface area (Å²) in [7, 11) is 0. The summed E-state index contributed by atoms with van der Waals surface area (Å²) in [6.07, 6.45) is 0. The first kappa shape index (κ1) is 13.8. The maximum atomic E-state index is 12.9. The lowest BCUT2D eigenvalue weighted by atomic mass is 9.99. The van der Waals surface area contributed by atoms with E-state index in [-0.39, 0.29) is 11.9 Å². The van der Waals surface area contributed by atoms with E-state index in [1.165, 1.54) is 5.56 Å². The molecule has 0 spiro atoms. The van der Waals surface area contributed by atoms with Gasteiger partial charge in [-0.1, -0.05) is 48.0 Å². The Morgan fingerprint density at radius 2 is 1.70 bits per heavy atom. The molecular formula is C19H17N3O. The minimum absolute atomic E-state index is 0.0537. The van der Waals surface area contributed by atoms with E-state index in [1.54, 1.807) is 0 Å². The maximum absolute atomic E-state index is 12.9. The Labute approximate surface area is 134 Å². The third kappa shape index (κ3) is 2.06. The molecule has 4 heteroatoms. The van der Waals surface area contributed by atoms with Crippen molar-refractivity contribution >= 4 is 11.6 Å². The van der Waals surface area contributed by atoms with Crippen LogP contribution in [0.25, 0.3) is 0 Å². The molecular weight excluding hydrogens is 286 g/mol. The Morgan fingerprint density at radius 3 is 2.39 bits per heavy atom. The molecule has 4 nitrogen and oxygen atoms in total. The van der Waals surface area contributed by atoms with Gasteiger partial charge in [-0.05, 0) is 31.5 Å². The highest BCUT2D eigenvalue weighted by atomic mass is 16.2. The Kier molecular flexibility index (Phi) is 3.05. The van der Waals surface area contributed by atoms with Gasteiger partial charge in [-0.2, -0.15) is 5.10 Å². The van der Waals surface area contributed by atoms with Crippen molar-refractivity contribution in [2.24, 2.45) is 0 Å². The van der Waals surface area contributed by atoms with Crippen molar-refractivity contribution in [1.82, 2.24) is 10.2 Å². The number of hydrogen-bond acceptors (Lipinski definition) is 2. The first-order valence-corrected chi connectivity index (χ1v) is 7.67. The Morgan fingerprint density at radius 1 is 1.00 bits per heavy atom. The number of carbonyl (C=O) groups excluding carboxylic acids is 1. The first-order chi connectivity index (χ1) is 11.2. The van der Waals surface area contributed by atoms with Crippen molar-refractivity contribution in [3.8, 4) is 0 Å². The van der Waals surface area contributed by atoms with E-state index >= 15 is 0 Å². The quantitative estimate of drug-likeness (QED) is 0.783. The van der Waals surface area contributed by atoms with Crippen LogP contribution in [0.4, 0.5) is 5.69 Å². The van der Waals surface area contributed by atoms with Crippen LogP contribution < -0.4 is 4.90 Å². The molecule has 2 aromatic carbocycles. The van der Waals surface area contributed by atoms with Crippen molar-refractivity contribution in [2.45, 2.75) is 19.9 Å². The number of rotatable bonds is 2. The maximum Gasteiger partial charge on any atom is 0.279 e. The third-order valence-electron chi connectivity index (χ3n) is 4.38. The molecule has 1 aromatic heterocycles. The van der Waals surface area contributed by atoms with Gasteiger partial charge in [0, 0.05) is 16.9 Å². The molecule has 2 heterocycles. The van der Waals surface area contributed by atoms with Crippen LogP contribution in [0.15, 0.2) is 54.6 Å². The fraction of sp³-hybridized carbons (Fsp3) is 0.158. The summed E-state index contributed by atoms with van der Waals surface area (Å²) in [5, 5.41) is 7.18. The van der Waals surface area contributed by atoms with Gasteiger partial charge in [-0.25, -0.2) is 0 Å². The van der Waals surface area contributed by atoms with Crippen molar-refractivity contribution in [3.05, 3.63) is 82.7 Å². The van der Waals surface area contributed by atoms with Crippen LogP contribution in [0.5, 0.6) is 0 Å². The molecule has 0 saturated carbocycles. The van der Waals surface area contributed by atoms with E-state index in [0.29, 0.717) is 5.69 Å². The van der Waals surface area contributed by atoms with Gasteiger partial charge in [0.2, 0.25) is 0 Å². The predicted molar refractivity (Wildman–Crippen MR) is 89.6 cm³/mol. The molecule has 0 radical (unpaired) electrons. The number of amides is 1. The molecule has 1 N–H and O–H groups in total. The van der Waals surface area contributed by atoms with Crippen LogP contribution in [-0.4, -0.2) is 16.1 Å². The molecule has 0 aliphatic carbocycles. The van der Waals surface area contributed by atoms with Gasteiger partial charge in [-0.15, -0.1) is 0 Å². The molecule has 1 aliphatic rings. The summed E-state index contributed by atoms with van der Waals surface area (Å²) in [6.45, 7) is 4.01. The summed E-state index contributed by atoms with van der Waals surface area (Å²) in [6, 6.07) is 18.0. The fourth-order valence-corrected chi connectivity index (χ4v) is 3.22. The Hall–Kier alpha value is -2.88. The van der Waals surface area contributed by atoms with Crippen molar-refractivity contribution in [1.29, 1.82) is 0 Å². The number of aromatic nitrogens is 2. The molecule has 0 fully saturated rings. The first-order valence-electron chi connectivity index (χ1n) is 7.67. The Balaban J connectivity index is 1.91. The number of benzene rings is 2. The normalized spacial score (nSPS) is 16.7. The standard InChI is InChI=1S/C19H17N3O/c1-12-8-10-15(11-9-12)22-18(14-6-4-3-5-7-14)16-13(2)20-21-17(16)19(22)23/h3-11,18H,1-2H3,(H,20,21). The zero-order valence-corrected chi connectivity index (χ0v) is 13.1. The lowest BCUT2D eigenvalue weighted by Gasteiger charge is -2.26. The van der Waals surface area contributed by atoms with E-state index in [1.807, 2.05) is 61.2 Å². The zero-order valence-electron chi connectivity index (χ0n) is 13.1. The summed E-state index contributed by atoms with van der Waals surface area (Å²) >= 11 is 0. The second-order valence-electron chi connectivity index (χ2n) is 5.93. The summed E-state index contributed by atoms with van der Waals surface area (Å²) in [4.78, 5) is 14.8. The van der Waals surface area contributed by atoms with Gasteiger partial charge in [0.1, 0.15) is 0 Å². The monoisotopic (exact) mass is 303 g/mol. The SMILES string of the molecule is Cc1ccc(N2C(=O)c3n[nH]c(C)c3C2c2ccccc2)cc1. The number of anilines is 1. The fourth-order valence-electron chi connectivity index (χ4n) is 3.22. The lowest BCUT2D eigenvalue weighted by Crippen LogP contribution is -2.29. The van der Waals surface area contributed by atoms with Gasteiger partial charge < -0.3 is 0 Å². The second kappa shape index (κ2) is 5.09. The number of hydrogen-bond donors (Lipinski definition) is 1. The van der Waals surface area contributed by atoms with Crippen molar-refractivity contribution in [2.75, 3.05) is 4.90 Å². The van der Waals surface area contributed by atoms with E-state index in [2.05, 4.69) is 22.3 Å². The second-order valence-corrected chi connectivity index (χ2v) is 5.93. The van der Waals surface area contributed by atoms with Gasteiger partial charge in [0.25, 0.3) is 5.91 Å². The van der Waals surface area contributed by atoms with Crippen LogP contribution in [0.3, 0.4) is 0 Å². The van der Waals surface area contributed by atoms with E-state index in [0.717, 1.165) is 22.5 Å². The molecule has 1 atom stereocenters. The van der Waals surface area contributed by atoms with Crippen LogP contribution in [0.1, 0.15) is 38.9 Å². The lowest BCUT2D eigenvalue weighted by molar-refractivity contribution is 0.0988. The smallest absolute Gasteiger partial charge is 0.279 e. The van der Waals surface area contributed by atoms with Gasteiger partial charge in [0.05, 0.1) is 6.04 Å². The molecule has 0 bridgehead atoms. The highest BCUT2D eigenvalue weighted by Gasteiger charge is 2.42. The number of H-pyrrole nitrogens is 1. The molecule has 1 amide bonds. The number of aryl methyl sites for hydroxylation is 2. The zero-order chi connectivity index (χ0) is 16.0. The average Bonchev–Trinajstić information content (AvgIpc) is 3.08. The number of nitrogens with one attached hydrogen (secondary N) is 1. The summed E-state index contributed by atoms with van der Waals surface area (Å²) in [5.41, 5.74) is 5.60. The molecule has 1 aliphatic heterocycles. The largest absolute Gasteiger partial charge is 0.295 e. The van der Waals surface area contributed by atoms with E-state index < -0.39 is 0 Å². The number of carbonyl (C=O) groups is 1. The summed E-state index contributed by atoms with van der Waals surface area (Å²) < 4.78 is 0. The molecule has 1 unspecified atom stereocenters. The molecule has 0 saturated heterocycles. The molecule has 4 rings (SSSR count). The minimum atomic E-state index is -0.139. The predicted octanol–water partition coefficient (Wildman–Crippen LogP) is 3.78. The number of aromatic amines is 1. The van der Waals surface area contributed by atoms with Crippen LogP contribution in [-0.2, 0) is 0 Å². The van der Waals surface area contributed by atoms with E-state index in [9.17, 15) is 4.79 Å². The molecule has 3 aromatic rings. The number of nitrogens with zero attached hydrogens (tertiary/aromatic N) is 2. The van der Waals surface area contributed by atoms with Crippen molar-refractivity contribution in [3.63, 3.8) is 0 Å². The average molecular weight is 303 g/mol. The summed E-state index contributed by atoms with van der Waals surface area (Å²) in [5.74, 6) is -0.0537. The highest BCUT2D eigenvalue weighted by molar-refractivity contribution is 6.10. The van der Waals surface area contributed by atoms with Gasteiger partial charge in [-0.3, -0.25) is 14.8 Å². The van der Waals surface area contributed by atoms with Gasteiger partial charge in [0.15, 0.2) is 5.69 Å². The Bertz CT molecular complexity index is 865. The topological polar surface area (TPSA) is 49.0 Å². The van der Waals surface area contributed by atoms with E-state index in [4.69, 9.17) is 0 Å². The van der Waals surface area contributed by atoms with Crippen molar-refractivity contribution < 1.29 is 4.79 Å². The van der Waals surface area contributed by atoms with Crippen LogP contribution >= 0.6 is 0 Å². The minimum Gasteiger partial charge on any atom is -0.295 e.